The van der Waals surface area contributed by atoms with E-state index >= 15 is 0 Å². The standard InChI is InChI=1S/C17H20N4O4S2/c1-10-11(2)26-17(18-10)21-15(22)12-4-3-5-13(8-12)19-16(23)20-14-6-7-27(24,25)9-14/h3-5,8,14H,6-7,9H2,1-2H3,(H,18,21,22)(H2,19,20,23)/t14-/m0/s1. The van der Waals surface area contributed by atoms with E-state index in [1.165, 1.54) is 11.3 Å². The SMILES string of the molecule is Cc1nc(NC(=O)c2cccc(NC(=O)N[C@H]3CCS(=O)(=O)C3)c2)sc1C. The second kappa shape index (κ2) is 7.65. The van der Waals surface area contributed by atoms with Gasteiger partial charge in [0.25, 0.3) is 5.91 Å². The van der Waals surface area contributed by atoms with Crippen LogP contribution in [-0.2, 0) is 9.84 Å². The number of nitrogens with zero attached hydrogens (tertiary/aromatic N) is 1. The average Bonchev–Trinajstić information content (AvgIpc) is 3.08. The van der Waals surface area contributed by atoms with Gasteiger partial charge in [-0.1, -0.05) is 6.07 Å². The number of anilines is 2. The molecule has 1 atom stereocenters. The molecular weight excluding hydrogens is 388 g/mol. The summed E-state index contributed by atoms with van der Waals surface area (Å²) in [7, 11) is -3.06. The number of nitrogens with one attached hydrogen (secondary N) is 3. The fourth-order valence-corrected chi connectivity index (χ4v) is 5.18. The molecule has 1 aliphatic heterocycles. The number of urea groups is 1. The Kier molecular flexibility index (Phi) is 5.47. The molecular formula is C17H20N4O4S2. The summed E-state index contributed by atoms with van der Waals surface area (Å²) in [6.45, 7) is 3.81. The topological polar surface area (TPSA) is 117 Å². The van der Waals surface area contributed by atoms with Gasteiger partial charge in [-0.05, 0) is 38.5 Å². The largest absolute Gasteiger partial charge is 0.334 e. The number of carbonyl (C=O) groups is 2. The van der Waals surface area contributed by atoms with E-state index in [1.807, 2.05) is 13.8 Å². The van der Waals surface area contributed by atoms with Crippen molar-refractivity contribution in [2.45, 2.75) is 26.3 Å². The number of thiazole rings is 1. The van der Waals surface area contributed by atoms with Crippen molar-refractivity contribution >= 4 is 43.9 Å². The summed E-state index contributed by atoms with van der Waals surface area (Å²) in [6.07, 6.45) is 0.408. The van der Waals surface area contributed by atoms with Crippen molar-refractivity contribution in [3.8, 4) is 0 Å². The molecule has 27 heavy (non-hydrogen) atoms. The van der Waals surface area contributed by atoms with Gasteiger partial charge in [-0.2, -0.15) is 0 Å². The Morgan fingerprint density at radius 2 is 2.00 bits per heavy atom. The van der Waals surface area contributed by atoms with Crippen LogP contribution in [0.4, 0.5) is 15.6 Å². The number of hydrogen-bond donors (Lipinski definition) is 3. The van der Waals surface area contributed by atoms with Crippen LogP contribution in [0.3, 0.4) is 0 Å². The summed E-state index contributed by atoms with van der Waals surface area (Å²) in [6, 6.07) is 5.60. The summed E-state index contributed by atoms with van der Waals surface area (Å²) >= 11 is 1.40. The van der Waals surface area contributed by atoms with Crippen molar-refractivity contribution in [2.24, 2.45) is 0 Å². The third kappa shape index (κ3) is 5.04. The Bertz CT molecular complexity index is 965. The number of hydrogen-bond acceptors (Lipinski definition) is 6. The van der Waals surface area contributed by atoms with E-state index in [4.69, 9.17) is 0 Å². The fourth-order valence-electron chi connectivity index (χ4n) is 2.70. The molecule has 10 heteroatoms. The van der Waals surface area contributed by atoms with Crippen LogP contribution in [0.1, 0.15) is 27.3 Å². The third-order valence-electron chi connectivity index (χ3n) is 4.20. The third-order valence-corrected chi connectivity index (χ3v) is 6.96. The molecule has 0 aliphatic carbocycles. The maximum atomic E-state index is 12.4. The van der Waals surface area contributed by atoms with Gasteiger partial charge in [0.2, 0.25) is 0 Å². The molecule has 0 radical (unpaired) electrons. The number of sulfone groups is 1. The van der Waals surface area contributed by atoms with E-state index in [-0.39, 0.29) is 17.4 Å². The summed E-state index contributed by atoms with van der Waals surface area (Å²) < 4.78 is 22.9. The van der Waals surface area contributed by atoms with Crippen molar-refractivity contribution in [3.63, 3.8) is 0 Å². The molecule has 3 rings (SSSR count). The molecule has 1 aliphatic rings. The van der Waals surface area contributed by atoms with Gasteiger partial charge >= 0.3 is 6.03 Å². The van der Waals surface area contributed by atoms with Gasteiger partial charge in [0.05, 0.1) is 17.2 Å². The monoisotopic (exact) mass is 408 g/mol. The number of benzene rings is 1. The minimum atomic E-state index is -3.06. The molecule has 3 amide bonds. The Morgan fingerprint density at radius 3 is 2.63 bits per heavy atom. The van der Waals surface area contributed by atoms with Gasteiger partial charge in [0, 0.05) is 22.2 Å². The minimum absolute atomic E-state index is 0.0461. The summed E-state index contributed by atoms with van der Waals surface area (Å²) in [5, 5.41) is 8.54. The summed E-state index contributed by atoms with van der Waals surface area (Å²) in [5.74, 6) is -0.284. The molecule has 2 aromatic rings. The molecule has 1 aromatic heterocycles. The first-order valence-electron chi connectivity index (χ1n) is 8.35. The van der Waals surface area contributed by atoms with Crippen molar-refractivity contribution in [2.75, 3.05) is 22.1 Å². The van der Waals surface area contributed by atoms with Crippen molar-refractivity contribution in [1.82, 2.24) is 10.3 Å². The van der Waals surface area contributed by atoms with Gasteiger partial charge in [0.15, 0.2) is 15.0 Å². The second-order valence-corrected chi connectivity index (χ2v) is 9.83. The van der Waals surface area contributed by atoms with Crippen LogP contribution in [0, 0.1) is 13.8 Å². The van der Waals surface area contributed by atoms with E-state index < -0.39 is 21.9 Å². The average molecular weight is 409 g/mol. The number of carbonyl (C=O) groups excluding carboxylic acids is 2. The summed E-state index contributed by atoms with van der Waals surface area (Å²) in [4.78, 5) is 29.8. The van der Waals surface area contributed by atoms with Gasteiger partial charge in [-0.25, -0.2) is 18.2 Å². The molecule has 1 aromatic carbocycles. The van der Waals surface area contributed by atoms with E-state index in [0.717, 1.165) is 10.6 Å². The Morgan fingerprint density at radius 1 is 1.22 bits per heavy atom. The van der Waals surface area contributed by atoms with Crippen molar-refractivity contribution in [1.29, 1.82) is 0 Å². The van der Waals surface area contributed by atoms with Crippen molar-refractivity contribution < 1.29 is 18.0 Å². The predicted octanol–water partition coefficient (Wildman–Crippen LogP) is 2.32. The molecule has 0 bridgehead atoms. The van der Waals surface area contributed by atoms with E-state index in [0.29, 0.717) is 22.8 Å². The number of aromatic nitrogens is 1. The highest BCUT2D eigenvalue weighted by Crippen LogP contribution is 2.22. The molecule has 2 heterocycles. The van der Waals surface area contributed by atoms with Crippen LogP contribution in [0.15, 0.2) is 24.3 Å². The number of amides is 3. The molecule has 0 unspecified atom stereocenters. The quantitative estimate of drug-likeness (QED) is 0.718. The second-order valence-electron chi connectivity index (χ2n) is 6.39. The van der Waals surface area contributed by atoms with E-state index in [9.17, 15) is 18.0 Å². The first kappa shape index (κ1) is 19.3. The molecule has 144 valence electrons. The summed E-state index contributed by atoms with van der Waals surface area (Å²) in [5.41, 5.74) is 1.69. The molecule has 0 spiro atoms. The lowest BCUT2D eigenvalue weighted by Gasteiger charge is -2.12. The minimum Gasteiger partial charge on any atom is -0.334 e. The normalized spacial score (nSPS) is 18.1. The van der Waals surface area contributed by atoms with Crippen LogP contribution in [0.2, 0.25) is 0 Å². The van der Waals surface area contributed by atoms with Crippen LogP contribution in [0.5, 0.6) is 0 Å². The fraction of sp³-hybridized carbons (Fsp3) is 0.353. The lowest BCUT2D eigenvalue weighted by Crippen LogP contribution is -2.38. The van der Waals surface area contributed by atoms with Gasteiger partial charge in [-0.15, -0.1) is 11.3 Å². The highest BCUT2D eigenvalue weighted by molar-refractivity contribution is 7.91. The van der Waals surface area contributed by atoms with Gasteiger partial charge in [-0.3, -0.25) is 10.1 Å². The Labute approximate surface area is 161 Å². The zero-order chi connectivity index (χ0) is 19.6. The lowest BCUT2D eigenvalue weighted by molar-refractivity contribution is 0.102. The Balaban J connectivity index is 1.61. The highest BCUT2D eigenvalue weighted by Gasteiger charge is 2.28. The smallest absolute Gasteiger partial charge is 0.319 e. The zero-order valence-electron chi connectivity index (χ0n) is 14.9. The maximum absolute atomic E-state index is 12.4. The van der Waals surface area contributed by atoms with Gasteiger partial charge in [0.1, 0.15) is 0 Å². The Hall–Kier alpha value is -2.46. The lowest BCUT2D eigenvalue weighted by atomic mass is 10.2. The predicted molar refractivity (Wildman–Crippen MR) is 105 cm³/mol. The van der Waals surface area contributed by atoms with Gasteiger partial charge < -0.3 is 10.6 Å². The number of aryl methyl sites for hydroxylation is 2. The number of rotatable bonds is 4. The molecule has 3 N–H and O–H groups in total. The van der Waals surface area contributed by atoms with E-state index in [1.54, 1.807) is 24.3 Å². The van der Waals surface area contributed by atoms with Crippen LogP contribution >= 0.6 is 11.3 Å². The molecule has 1 fully saturated rings. The molecule has 1 saturated heterocycles. The molecule has 8 nitrogen and oxygen atoms in total. The molecule has 0 saturated carbocycles. The van der Waals surface area contributed by atoms with Crippen molar-refractivity contribution in [3.05, 3.63) is 40.4 Å². The van der Waals surface area contributed by atoms with Crippen LogP contribution < -0.4 is 16.0 Å². The highest BCUT2D eigenvalue weighted by atomic mass is 32.2. The van der Waals surface area contributed by atoms with E-state index in [2.05, 4.69) is 20.9 Å². The van der Waals surface area contributed by atoms with Crippen LogP contribution in [0.25, 0.3) is 0 Å². The van der Waals surface area contributed by atoms with Crippen LogP contribution in [-0.4, -0.2) is 42.9 Å². The zero-order valence-corrected chi connectivity index (χ0v) is 16.5. The maximum Gasteiger partial charge on any atom is 0.319 e. The first-order valence-corrected chi connectivity index (χ1v) is 11.0. The first-order chi connectivity index (χ1) is 12.7.